The molecule has 6 nitrogen and oxygen atoms in total. The van der Waals surface area contributed by atoms with E-state index >= 15 is 0 Å². The topological polar surface area (TPSA) is 79.8 Å². The van der Waals surface area contributed by atoms with E-state index in [0.29, 0.717) is 36.5 Å². The molecule has 3 aromatic rings. The van der Waals surface area contributed by atoms with Crippen molar-refractivity contribution in [1.29, 1.82) is 0 Å². The average molecular weight is 570 g/mol. The first-order valence-electron chi connectivity index (χ1n) is 9.54. The van der Waals surface area contributed by atoms with Crippen LogP contribution in [0.2, 0.25) is 15.1 Å². The van der Waals surface area contributed by atoms with Gasteiger partial charge in [-0.1, -0.05) is 53.0 Å². The number of hydrogen-bond donors (Lipinski definition) is 2. The van der Waals surface area contributed by atoms with Gasteiger partial charge in [0.15, 0.2) is 0 Å². The maximum Gasteiger partial charge on any atom is 0.249 e. The standard InChI is InChI=1S/C23H17BrCl3N3O3/c24-17-9-14(5-8-21(17)33-13-15-6-7-16(25)10-19(15)27)12-28-30-23(32)11-22(31)29-20-4-2-1-3-18(20)26/h1-10,12H,11,13H2,(H,29,31)(H,30,32). The largest absolute Gasteiger partial charge is 0.488 e. The van der Waals surface area contributed by atoms with Gasteiger partial charge in [0.1, 0.15) is 18.8 Å². The first-order valence-corrected chi connectivity index (χ1v) is 11.5. The lowest BCUT2D eigenvalue weighted by Crippen LogP contribution is -2.24. The Morgan fingerprint density at radius 1 is 0.970 bits per heavy atom. The lowest BCUT2D eigenvalue weighted by Gasteiger charge is -2.10. The third-order valence-electron chi connectivity index (χ3n) is 4.23. The molecule has 3 rings (SSSR count). The number of ether oxygens (including phenoxy) is 1. The van der Waals surface area contributed by atoms with Gasteiger partial charge in [-0.05, 0) is 64.0 Å². The number of anilines is 1. The quantitative estimate of drug-likeness (QED) is 0.186. The van der Waals surface area contributed by atoms with Gasteiger partial charge in [0, 0.05) is 15.6 Å². The van der Waals surface area contributed by atoms with Gasteiger partial charge in [0.25, 0.3) is 0 Å². The second kappa shape index (κ2) is 12.0. The lowest BCUT2D eigenvalue weighted by atomic mass is 10.2. The summed E-state index contributed by atoms with van der Waals surface area (Å²) in [5, 5.41) is 7.93. The van der Waals surface area contributed by atoms with Gasteiger partial charge in [-0.3, -0.25) is 9.59 Å². The molecule has 10 heteroatoms. The highest BCUT2D eigenvalue weighted by molar-refractivity contribution is 9.10. The molecular formula is C23H17BrCl3N3O3. The fourth-order valence-electron chi connectivity index (χ4n) is 2.63. The number of amides is 2. The highest BCUT2D eigenvalue weighted by atomic mass is 79.9. The van der Waals surface area contributed by atoms with Gasteiger partial charge in [-0.2, -0.15) is 5.10 Å². The van der Waals surface area contributed by atoms with Crippen molar-refractivity contribution >= 4 is 74.4 Å². The smallest absolute Gasteiger partial charge is 0.249 e. The zero-order valence-electron chi connectivity index (χ0n) is 16.9. The molecule has 0 fully saturated rings. The fraction of sp³-hybridized carbons (Fsp3) is 0.0870. The van der Waals surface area contributed by atoms with Crippen LogP contribution in [0.25, 0.3) is 0 Å². The van der Waals surface area contributed by atoms with E-state index in [1.165, 1.54) is 6.21 Å². The molecule has 0 aliphatic carbocycles. The second-order valence-corrected chi connectivity index (χ2v) is 8.82. The molecular weight excluding hydrogens is 553 g/mol. The van der Waals surface area contributed by atoms with Gasteiger partial charge in [-0.15, -0.1) is 0 Å². The molecule has 0 spiro atoms. The number of carbonyl (C=O) groups is 2. The van der Waals surface area contributed by atoms with E-state index in [2.05, 4.69) is 31.8 Å². The van der Waals surface area contributed by atoms with E-state index in [0.717, 1.165) is 5.56 Å². The van der Waals surface area contributed by atoms with Gasteiger partial charge in [0.05, 0.1) is 21.4 Å². The number of nitrogens with one attached hydrogen (secondary N) is 2. The Labute approximate surface area is 214 Å². The molecule has 0 saturated carbocycles. The van der Waals surface area contributed by atoms with Crippen LogP contribution in [0.1, 0.15) is 17.5 Å². The molecule has 0 atom stereocenters. The molecule has 33 heavy (non-hydrogen) atoms. The minimum atomic E-state index is -0.560. The van der Waals surface area contributed by atoms with Gasteiger partial charge < -0.3 is 10.1 Å². The Kier molecular flexibility index (Phi) is 9.14. The maximum absolute atomic E-state index is 12.0. The van der Waals surface area contributed by atoms with Crippen molar-refractivity contribution in [3.63, 3.8) is 0 Å². The first-order chi connectivity index (χ1) is 15.8. The lowest BCUT2D eigenvalue weighted by molar-refractivity contribution is -0.126. The number of carbonyl (C=O) groups excluding carboxylic acids is 2. The number of benzene rings is 3. The predicted octanol–water partition coefficient (Wildman–Crippen LogP) is 6.47. The number of halogens is 4. The van der Waals surface area contributed by atoms with Crippen molar-refractivity contribution in [3.8, 4) is 5.75 Å². The summed E-state index contributed by atoms with van der Waals surface area (Å²) in [5.41, 5.74) is 4.27. The monoisotopic (exact) mass is 567 g/mol. The molecule has 0 unspecified atom stereocenters. The van der Waals surface area contributed by atoms with E-state index < -0.39 is 18.2 Å². The van der Waals surface area contributed by atoms with Crippen LogP contribution in [0.4, 0.5) is 5.69 Å². The third-order valence-corrected chi connectivity index (χ3v) is 5.76. The van der Waals surface area contributed by atoms with Crippen LogP contribution in [-0.4, -0.2) is 18.0 Å². The average Bonchev–Trinajstić information content (AvgIpc) is 2.76. The molecule has 0 aliphatic rings. The van der Waals surface area contributed by atoms with E-state index in [4.69, 9.17) is 39.5 Å². The van der Waals surface area contributed by atoms with Crippen LogP contribution >= 0.6 is 50.7 Å². The van der Waals surface area contributed by atoms with E-state index in [1.807, 2.05) is 0 Å². The molecule has 0 radical (unpaired) electrons. The number of nitrogens with zero attached hydrogens (tertiary/aromatic N) is 1. The molecule has 0 aliphatic heterocycles. The summed E-state index contributed by atoms with van der Waals surface area (Å²) in [5.74, 6) is -0.450. The third kappa shape index (κ3) is 7.75. The summed E-state index contributed by atoms with van der Waals surface area (Å²) in [4.78, 5) is 23.9. The zero-order chi connectivity index (χ0) is 23.8. The normalized spacial score (nSPS) is 10.8. The van der Waals surface area contributed by atoms with Crippen LogP contribution in [0.15, 0.2) is 70.2 Å². The van der Waals surface area contributed by atoms with Crippen LogP contribution < -0.4 is 15.5 Å². The summed E-state index contributed by atoms with van der Waals surface area (Å²) < 4.78 is 6.50. The predicted molar refractivity (Wildman–Crippen MR) is 135 cm³/mol. The molecule has 0 bridgehead atoms. The fourth-order valence-corrected chi connectivity index (χ4v) is 3.79. The van der Waals surface area contributed by atoms with Crippen molar-refractivity contribution in [1.82, 2.24) is 5.43 Å². The number of para-hydroxylation sites is 1. The number of rotatable bonds is 8. The number of hydrogen-bond acceptors (Lipinski definition) is 4. The first kappa shape index (κ1) is 25.1. The minimum Gasteiger partial charge on any atom is -0.488 e. The highest BCUT2D eigenvalue weighted by Gasteiger charge is 2.10. The van der Waals surface area contributed by atoms with E-state index in [-0.39, 0.29) is 6.61 Å². The summed E-state index contributed by atoms with van der Waals surface area (Å²) in [7, 11) is 0. The summed E-state index contributed by atoms with van der Waals surface area (Å²) >= 11 is 21.5. The molecule has 2 amide bonds. The molecule has 0 heterocycles. The summed E-state index contributed by atoms with van der Waals surface area (Å²) in [6, 6.07) is 17.3. The highest BCUT2D eigenvalue weighted by Crippen LogP contribution is 2.28. The summed E-state index contributed by atoms with van der Waals surface area (Å²) in [6.07, 6.45) is 1.06. The van der Waals surface area contributed by atoms with Crippen molar-refractivity contribution in [3.05, 3.63) is 91.3 Å². The van der Waals surface area contributed by atoms with Gasteiger partial charge in [0.2, 0.25) is 11.8 Å². The van der Waals surface area contributed by atoms with Crippen LogP contribution in [0.3, 0.4) is 0 Å². The Morgan fingerprint density at radius 2 is 1.76 bits per heavy atom. The molecule has 3 aromatic carbocycles. The van der Waals surface area contributed by atoms with Crippen molar-refractivity contribution in [2.24, 2.45) is 5.10 Å². The number of hydrazone groups is 1. The Hall–Kier alpha value is -2.58. The van der Waals surface area contributed by atoms with Crippen LogP contribution in [0, 0.1) is 0 Å². The Balaban J connectivity index is 1.49. The Morgan fingerprint density at radius 3 is 2.48 bits per heavy atom. The van der Waals surface area contributed by atoms with Gasteiger partial charge >= 0.3 is 0 Å². The molecule has 170 valence electrons. The van der Waals surface area contributed by atoms with Crippen LogP contribution in [-0.2, 0) is 16.2 Å². The zero-order valence-corrected chi connectivity index (χ0v) is 20.8. The Bertz CT molecular complexity index is 1200. The maximum atomic E-state index is 12.0. The van der Waals surface area contributed by atoms with Crippen LogP contribution in [0.5, 0.6) is 5.75 Å². The minimum absolute atomic E-state index is 0.272. The molecule has 0 saturated heterocycles. The van der Waals surface area contributed by atoms with E-state index in [1.54, 1.807) is 60.7 Å². The SMILES string of the molecule is O=C(CC(=O)Nc1ccccc1Cl)NN=Cc1ccc(OCc2ccc(Cl)cc2Cl)c(Br)c1. The summed E-state index contributed by atoms with van der Waals surface area (Å²) in [6.45, 7) is 0.272. The van der Waals surface area contributed by atoms with E-state index in [9.17, 15) is 9.59 Å². The van der Waals surface area contributed by atoms with Crippen molar-refractivity contribution in [2.75, 3.05) is 5.32 Å². The van der Waals surface area contributed by atoms with Gasteiger partial charge in [-0.25, -0.2) is 5.43 Å². The van der Waals surface area contributed by atoms with Crippen molar-refractivity contribution < 1.29 is 14.3 Å². The molecule has 2 N–H and O–H groups in total. The van der Waals surface area contributed by atoms with Crippen molar-refractivity contribution in [2.45, 2.75) is 13.0 Å². The second-order valence-electron chi connectivity index (χ2n) is 6.71. The molecule has 0 aromatic heterocycles.